The third-order valence-electron chi connectivity index (χ3n) is 2.49. The van der Waals surface area contributed by atoms with Gasteiger partial charge in [0.2, 0.25) is 4.87 Å². The fourth-order valence-corrected chi connectivity index (χ4v) is 2.78. The molecule has 1 fully saturated rings. The van der Waals surface area contributed by atoms with Crippen molar-refractivity contribution in [2.45, 2.75) is 11.0 Å². The number of hydrogen-bond acceptors (Lipinski definition) is 3. The molecule has 1 unspecified atom stereocenters. The van der Waals surface area contributed by atoms with Gasteiger partial charge in [0.1, 0.15) is 6.61 Å². The number of thioether (sulfide) groups is 1. The predicted molar refractivity (Wildman–Crippen MR) is 61.1 cm³/mol. The van der Waals surface area contributed by atoms with Crippen molar-refractivity contribution in [2.75, 3.05) is 12.4 Å². The lowest BCUT2D eigenvalue weighted by Gasteiger charge is -2.34. The van der Waals surface area contributed by atoms with Gasteiger partial charge in [0.05, 0.1) is 0 Å². The highest BCUT2D eigenvalue weighted by atomic mass is 32.2. The molecular weight excluding hydrogens is 267 g/mol. The van der Waals surface area contributed by atoms with Gasteiger partial charge < -0.3 is 4.74 Å². The number of amides is 1. The summed E-state index contributed by atoms with van der Waals surface area (Å²) in [4.78, 5) is 8.83. The van der Waals surface area contributed by atoms with Gasteiger partial charge in [-0.15, -0.1) is 11.8 Å². The molecule has 0 aliphatic carbocycles. The lowest BCUT2D eigenvalue weighted by molar-refractivity contribution is -0.167. The Balaban J connectivity index is 2.50. The van der Waals surface area contributed by atoms with E-state index in [1.165, 1.54) is 24.3 Å². The number of hydrogen-bond donors (Lipinski definition) is 1. The third-order valence-corrected chi connectivity index (χ3v) is 3.87. The normalized spacial score (nSPS) is 24.9. The van der Waals surface area contributed by atoms with Gasteiger partial charge >= 0.3 is 12.3 Å². The Kier molecular flexibility index (Phi) is 3.43. The average molecular weight is 277 g/mol. The average Bonchev–Trinajstić information content (AvgIpc) is 2.52. The molecule has 1 aromatic rings. The van der Waals surface area contributed by atoms with Gasteiger partial charge in [-0.25, -0.2) is 4.79 Å². The summed E-state index contributed by atoms with van der Waals surface area (Å²) in [6.07, 6.45) is -5.66. The van der Waals surface area contributed by atoms with Crippen molar-refractivity contribution in [1.82, 2.24) is 5.32 Å². The van der Waals surface area contributed by atoms with E-state index in [0.29, 0.717) is 11.8 Å². The standard InChI is InChI=1S/C11H10F3NO2S/c12-11(13,14)10(8-4-2-1-3-5-8)15-9(16)17-6-7-18-10/h1-5H,6-7H2,(H,15,16). The lowest BCUT2D eigenvalue weighted by Crippen LogP contribution is -2.52. The highest BCUT2D eigenvalue weighted by Gasteiger charge is 2.58. The number of rotatable bonds is 1. The number of benzene rings is 1. The molecule has 0 radical (unpaired) electrons. The fraction of sp³-hybridized carbons (Fsp3) is 0.364. The zero-order valence-electron chi connectivity index (χ0n) is 9.16. The summed E-state index contributed by atoms with van der Waals surface area (Å²) in [5.74, 6) is 0.0765. The first-order valence-corrected chi connectivity index (χ1v) is 6.15. The van der Waals surface area contributed by atoms with Crippen LogP contribution in [0.25, 0.3) is 0 Å². The van der Waals surface area contributed by atoms with Crippen LogP contribution < -0.4 is 5.32 Å². The summed E-state index contributed by atoms with van der Waals surface area (Å²) < 4.78 is 44.6. The molecule has 1 aliphatic heterocycles. The molecular formula is C11H10F3NO2S. The summed E-state index contributed by atoms with van der Waals surface area (Å²) in [7, 11) is 0. The Labute approximate surface area is 106 Å². The third kappa shape index (κ3) is 2.27. The number of halogens is 3. The van der Waals surface area contributed by atoms with Crippen molar-refractivity contribution < 1.29 is 22.7 Å². The highest BCUT2D eigenvalue weighted by molar-refractivity contribution is 8.00. The van der Waals surface area contributed by atoms with Crippen LogP contribution in [0.2, 0.25) is 0 Å². The van der Waals surface area contributed by atoms with Gasteiger partial charge in [-0.1, -0.05) is 30.3 Å². The van der Waals surface area contributed by atoms with Crippen LogP contribution in [0.4, 0.5) is 18.0 Å². The van der Waals surface area contributed by atoms with Crippen molar-refractivity contribution in [1.29, 1.82) is 0 Å². The topological polar surface area (TPSA) is 38.3 Å². The molecule has 1 aliphatic rings. The maximum absolute atomic E-state index is 13.3. The Morgan fingerprint density at radius 3 is 2.56 bits per heavy atom. The van der Waals surface area contributed by atoms with Crippen molar-refractivity contribution in [3.05, 3.63) is 35.9 Å². The van der Waals surface area contributed by atoms with Gasteiger partial charge in [-0.05, 0) is 5.56 Å². The van der Waals surface area contributed by atoms with E-state index in [1.807, 2.05) is 5.32 Å². The number of ether oxygens (including phenoxy) is 1. The van der Waals surface area contributed by atoms with Gasteiger partial charge in [0.25, 0.3) is 0 Å². The van der Waals surface area contributed by atoms with Crippen LogP contribution >= 0.6 is 11.8 Å². The van der Waals surface area contributed by atoms with Crippen LogP contribution in [0.3, 0.4) is 0 Å². The molecule has 1 amide bonds. The smallest absolute Gasteiger partial charge is 0.425 e. The minimum Gasteiger partial charge on any atom is -0.449 e. The van der Waals surface area contributed by atoms with Crippen molar-refractivity contribution >= 4 is 17.9 Å². The summed E-state index contributed by atoms with van der Waals surface area (Å²) in [6, 6.07) is 7.30. The van der Waals surface area contributed by atoms with Gasteiger partial charge in [0.15, 0.2) is 0 Å². The number of alkyl carbamates (subject to hydrolysis) is 1. The van der Waals surface area contributed by atoms with E-state index >= 15 is 0 Å². The molecule has 0 spiro atoms. The number of carbonyl (C=O) groups excluding carboxylic acids is 1. The summed E-state index contributed by atoms with van der Waals surface area (Å²) >= 11 is 0.613. The van der Waals surface area contributed by atoms with E-state index in [0.717, 1.165) is 0 Å². The second-order valence-electron chi connectivity index (χ2n) is 3.65. The Morgan fingerprint density at radius 2 is 1.94 bits per heavy atom. The molecule has 0 bridgehead atoms. The second-order valence-corrected chi connectivity index (χ2v) is 4.96. The van der Waals surface area contributed by atoms with Crippen LogP contribution in [-0.4, -0.2) is 24.6 Å². The molecule has 7 heteroatoms. The van der Waals surface area contributed by atoms with Crippen LogP contribution in [0, 0.1) is 0 Å². The number of alkyl halides is 3. The molecule has 1 saturated heterocycles. The van der Waals surface area contributed by atoms with Crippen LogP contribution in [0.5, 0.6) is 0 Å². The second kappa shape index (κ2) is 4.72. The van der Waals surface area contributed by atoms with Gasteiger partial charge in [0, 0.05) is 5.75 Å². The van der Waals surface area contributed by atoms with Crippen LogP contribution in [0.15, 0.2) is 30.3 Å². The summed E-state index contributed by atoms with van der Waals surface area (Å²) in [5, 5.41) is 1.93. The van der Waals surface area contributed by atoms with Crippen molar-refractivity contribution in [3.8, 4) is 0 Å². The zero-order valence-corrected chi connectivity index (χ0v) is 9.98. The monoisotopic (exact) mass is 277 g/mol. The van der Waals surface area contributed by atoms with Crippen LogP contribution in [0.1, 0.15) is 5.56 Å². The van der Waals surface area contributed by atoms with Crippen molar-refractivity contribution in [2.24, 2.45) is 0 Å². The number of cyclic esters (lactones) is 1. The molecule has 0 aromatic heterocycles. The van der Waals surface area contributed by atoms with Gasteiger partial charge in [-0.3, -0.25) is 5.32 Å². The molecule has 0 saturated carbocycles. The molecule has 1 aromatic carbocycles. The highest BCUT2D eigenvalue weighted by Crippen LogP contribution is 2.48. The predicted octanol–water partition coefficient (Wildman–Crippen LogP) is 2.87. The lowest BCUT2D eigenvalue weighted by atomic mass is 10.1. The number of nitrogens with one attached hydrogen (secondary N) is 1. The molecule has 2 rings (SSSR count). The molecule has 1 heterocycles. The SMILES string of the molecule is O=C1NC(c2ccccc2)(C(F)(F)F)SCCO1. The Bertz CT molecular complexity index is 438. The van der Waals surface area contributed by atoms with E-state index in [-0.39, 0.29) is 17.9 Å². The zero-order chi connectivity index (χ0) is 13.2. The summed E-state index contributed by atoms with van der Waals surface area (Å²) in [6.45, 7) is -0.0405. The van der Waals surface area contributed by atoms with E-state index in [2.05, 4.69) is 4.74 Å². The van der Waals surface area contributed by atoms with E-state index in [9.17, 15) is 18.0 Å². The van der Waals surface area contributed by atoms with Crippen LogP contribution in [-0.2, 0) is 9.61 Å². The molecule has 98 valence electrons. The molecule has 18 heavy (non-hydrogen) atoms. The maximum Gasteiger partial charge on any atom is 0.425 e. The Hall–Kier alpha value is -1.37. The maximum atomic E-state index is 13.3. The van der Waals surface area contributed by atoms with E-state index in [1.54, 1.807) is 6.07 Å². The molecule has 1 atom stereocenters. The summed E-state index contributed by atoms with van der Waals surface area (Å²) in [5.41, 5.74) is -0.0126. The molecule has 3 nitrogen and oxygen atoms in total. The van der Waals surface area contributed by atoms with E-state index < -0.39 is 17.1 Å². The minimum atomic E-state index is -4.61. The quantitative estimate of drug-likeness (QED) is 0.857. The first-order chi connectivity index (χ1) is 8.46. The first-order valence-electron chi connectivity index (χ1n) is 5.17. The Morgan fingerprint density at radius 1 is 1.28 bits per heavy atom. The van der Waals surface area contributed by atoms with Gasteiger partial charge in [-0.2, -0.15) is 13.2 Å². The largest absolute Gasteiger partial charge is 0.449 e. The number of carbonyl (C=O) groups is 1. The van der Waals surface area contributed by atoms with Crippen molar-refractivity contribution in [3.63, 3.8) is 0 Å². The fourth-order valence-electron chi connectivity index (χ4n) is 1.69. The first kappa shape index (κ1) is 13.1. The minimum absolute atomic E-state index is 0.0126. The molecule has 1 N–H and O–H groups in total. The van der Waals surface area contributed by atoms with E-state index in [4.69, 9.17) is 0 Å².